The van der Waals surface area contributed by atoms with Gasteiger partial charge >= 0.3 is 5.97 Å². The molecule has 0 atom stereocenters. The number of nitrogens with one attached hydrogen (secondary N) is 1. The van der Waals surface area contributed by atoms with E-state index < -0.39 is 5.97 Å². The topological polar surface area (TPSA) is 82.5 Å². The minimum Gasteiger partial charge on any atom is -0.478 e. The first-order valence-corrected chi connectivity index (χ1v) is 6.24. The number of carboxylic acids is 1. The van der Waals surface area contributed by atoms with Gasteiger partial charge in [0.05, 0.1) is 17.8 Å². The molecule has 1 heterocycles. The Morgan fingerprint density at radius 2 is 2.11 bits per heavy atom. The summed E-state index contributed by atoms with van der Waals surface area (Å²) in [7, 11) is 0. The zero-order valence-corrected chi connectivity index (χ0v) is 11.2. The Kier molecular flexibility index (Phi) is 5.95. The van der Waals surface area contributed by atoms with Gasteiger partial charge in [0.25, 0.3) is 0 Å². The SMILES string of the molecule is CCNC(=O)CN(CC)Cc1ccc(C(=O)O)cn1. The van der Waals surface area contributed by atoms with E-state index in [1.54, 1.807) is 6.07 Å². The molecule has 1 rings (SSSR count). The van der Waals surface area contributed by atoms with Gasteiger partial charge in [-0.15, -0.1) is 0 Å². The van der Waals surface area contributed by atoms with Gasteiger partial charge in [0.15, 0.2) is 0 Å². The van der Waals surface area contributed by atoms with Crippen molar-refractivity contribution in [1.82, 2.24) is 15.2 Å². The summed E-state index contributed by atoms with van der Waals surface area (Å²) in [6, 6.07) is 3.19. The van der Waals surface area contributed by atoms with Gasteiger partial charge in [-0.05, 0) is 25.6 Å². The van der Waals surface area contributed by atoms with Gasteiger partial charge in [-0.1, -0.05) is 6.92 Å². The lowest BCUT2D eigenvalue weighted by atomic mass is 10.2. The fourth-order valence-electron chi connectivity index (χ4n) is 1.61. The number of carboxylic acid groups (broad SMARTS) is 1. The third-order valence-electron chi connectivity index (χ3n) is 2.65. The van der Waals surface area contributed by atoms with Crippen LogP contribution in [0.3, 0.4) is 0 Å². The second-order valence-corrected chi connectivity index (χ2v) is 4.10. The van der Waals surface area contributed by atoms with Gasteiger partial charge in [-0.2, -0.15) is 0 Å². The molecule has 0 saturated heterocycles. The monoisotopic (exact) mass is 265 g/mol. The van der Waals surface area contributed by atoms with E-state index in [2.05, 4.69) is 10.3 Å². The number of hydrogen-bond donors (Lipinski definition) is 2. The molecule has 0 aromatic carbocycles. The number of aromatic carboxylic acids is 1. The van der Waals surface area contributed by atoms with Gasteiger partial charge in [-0.25, -0.2) is 4.79 Å². The third-order valence-corrected chi connectivity index (χ3v) is 2.65. The average Bonchev–Trinajstić information content (AvgIpc) is 2.38. The number of aromatic nitrogens is 1. The first kappa shape index (κ1) is 15.1. The van der Waals surface area contributed by atoms with Gasteiger partial charge in [0.1, 0.15) is 0 Å². The highest BCUT2D eigenvalue weighted by atomic mass is 16.4. The molecule has 0 aliphatic rings. The zero-order chi connectivity index (χ0) is 14.3. The molecule has 0 fully saturated rings. The van der Waals surface area contributed by atoms with Gasteiger partial charge in [0, 0.05) is 19.3 Å². The number of hydrogen-bond acceptors (Lipinski definition) is 4. The lowest BCUT2D eigenvalue weighted by Gasteiger charge is -2.19. The van der Waals surface area contributed by atoms with Gasteiger partial charge in [0.2, 0.25) is 5.91 Å². The first-order chi connectivity index (χ1) is 9.06. The first-order valence-electron chi connectivity index (χ1n) is 6.24. The molecule has 6 heteroatoms. The number of pyridine rings is 1. The molecule has 6 nitrogen and oxygen atoms in total. The highest BCUT2D eigenvalue weighted by Gasteiger charge is 2.10. The van der Waals surface area contributed by atoms with Crippen LogP contribution in [0.25, 0.3) is 0 Å². The number of carbonyl (C=O) groups excluding carboxylic acids is 1. The summed E-state index contributed by atoms with van der Waals surface area (Å²) in [5, 5.41) is 11.5. The molecule has 0 radical (unpaired) electrons. The summed E-state index contributed by atoms with van der Waals surface area (Å²) in [6.07, 6.45) is 1.33. The van der Waals surface area contributed by atoms with Crippen molar-refractivity contribution in [2.75, 3.05) is 19.6 Å². The Morgan fingerprint density at radius 3 is 2.58 bits per heavy atom. The summed E-state index contributed by atoms with van der Waals surface area (Å²) in [6.45, 7) is 6.01. The van der Waals surface area contributed by atoms with Crippen molar-refractivity contribution in [3.8, 4) is 0 Å². The lowest BCUT2D eigenvalue weighted by Crippen LogP contribution is -2.36. The minimum atomic E-state index is -0.992. The summed E-state index contributed by atoms with van der Waals surface area (Å²) >= 11 is 0. The predicted octanol–water partition coefficient (Wildman–Crippen LogP) is 0.738. The molecule has 0 unspecified atom stereocenters. The Hall–Kier alpha value is -1.95. The molecular formula is C13H19N3O3. The largest absolute Gasteiger partial charge is 0.478 e. The highest BCUT2D eigenvalue weighted by molar-refractivity contribution is 5.87. The maximum atomic E-state index is 11.5. The molecule has 0 bridgehead atoms. The molecule has 0 spiro atoms. The third kappa shape index (κ3) is 5.05. The second-order valence-electron chi connectivity index (χ2n) is 4.10. The van der Waals surface area contributed by atoms with Crippen molar-refractivity contribution < 1.29 is 14.7 Å². The molecule has 0 aliphatic heterocycles. The van der Waals surface area contributed by atoms with E-state index in [9.17, 15) is 9.59 Å². The van der Waals surface area contributed by atoms with E-state index in [0.717, 1.165) is 12.2 Å². The van der Waals surface area contributed by atoms with Crippen LogP contribution in [0.2, 0.25) is 0 Å². The van der Waals surface area contributed by atoms with Crippen LogP contribution in [0.4, 0.5) is 0 Å². The van der Waals surface area contributed by atoms with Crippen molar-refractivity contribution in [2.24, 2.45) is 0 Å². The maximum Gasteiger partial charge on any atom is 0.337 e. The number of likely N-dealkylation sites (N-methyl/N-ethyl adjacent to an activating group) is 2. The van der Waals surface area contributed by atoms with Crippen molar-refractivity contribution in [3.05, 3.63) is 29.6 Å². The second kappa shape index (κ2) is 7.48. The molecule has 104 valence electrons. The van der Waals surface area contributed by atoms with Gasteiger partial charge < -0.3 is 10.4 Å². The van der Waals surface area contributed by atoms with E-state index in [1.807, 2.05) is 18.7 Å². The normalized spacial score (nSPS) is 10.5. The van der Waals surface area contributed by atoms with E-state index in [4.69, 9.17) is 5.11 Å². The fourth-order valence-corrected chi connectivity index (χ4v) is 1.61. The van der Waals surface area contributed by atoms with Crippen LogP contribution in [0.5, 0.6) is 0 Å². The smallest absolute Gasteiger partial charge is 0.337 e. The van der Waals surface area contributed by atoms with Crippen LogP contribution in [-0.2, 0) is 11.3 Å². The van der Waals surface area contributed by atoms with Crippen molar-refractivity contribution >= 4 is 11.9 Å². The number of amides is 1. The summed E-state index contributed by atoms with van der Waals surface area (Å²) in [4.78, 5) is 28.2. The fraction of sp³-hybridized carbons (Fsp3) is 0.462. The summed E-state index contributed by atoms with van der Waals surface area (Å²) in [5.41, 5.74) is 0.909. The summed E-state index contributed by atoms with van der Waals surface area (Å²) < 4.78 is 0. The molecule has 1 aromatic rings. The van der Waals surface area contributed by atoms with Crippen LogP contribution in [0.15, 0.2) is 18.3 Å². The van der Waals surface area contributed by atoms with Crippen LogP contribution in [-0.4, -0.2) is 46.5 Å². The number of nitrogens with zero attached hydrogens (tertiary/aromatic N) is 2. The predicted molar refractivity (Wildman–Crippen MR) is 70.8 cm³/mol. The Bertz CT molecular complexity index is 431. The number of rotatable bonds is 7. The molecule has 19 heavy (non-hydrogen) atoms. The average molecular weight is 265 g/mol. The summed E-state index contributed by atoms with van der Waals surface area (Å²) in [5.74, 6) is -1.01. The van der Waals surface area contributed by atoms with Crippen LogP contribution < -0.4 is 5.32 Å². The van der Waals surface area contributed by atoms with Gasteiger partial charge in [-0.3, -0.25) is 14.7 Å². The van der Waals surface area contributed by atoms with Crippen molar-refractivity contribution in [3.63, 3.8) is 0 Å². The van der Waals surface area contributed by atoms with E-state index >= 15 is 0 Å². The van der Waals surface area contributed by atoms with Crippen molar-refractivity contribution in [2.45, 2.75) is 20.4 Å². The molecule has 0 saturated carbocycles. The van der Waals surface area contributed by atoms with E-state index in [0.29, 0.717) is 19.6 Å². The standard InChI is InChI=1S/C13H19N3O3/c1-3-14-12(17)9-16(4-2)8-11-6-5-10(7-15-11)13(18)19/h5-7H,3-4,8-9H2,1-2H3,(H,14,17)(H,18,19). The molecule has 2 N–H and O–H groups in total. The quantitative estimate of drug-likeness (QED) is 0.759. The van der Waals surface area contributed by atoms with Crippen LogP contribution >= 0.6 is 0 Å². The molecule has 1 aromatic heterocycles. The maximum absolute atomic E-state index is 11.5. The number of carbonyl (C=O) groups is 2. The Labute approximate surface area is 112 Å². The Morgan fingerprint density at radius 1 is 1.37 bits per heavy atom. The molecule has 1 amide bonds. The lowest BCUT2D eigenvalue weighted by molar-refractivity contribution is -0.122. The van der Waals surface area contributed by atoms with E-state index in [1.165, 1.54) is 12.3 Å². The molecule has 0 aliphatic carbocycles. The highest BCUT2D eigenvalue weighted by Crippen LogP contribution is 2.04. The van der Waals surface area contributed by atoms with Crippen molar-refractivity contribution in [1.29, 1.82) is 0 Å². The zero-order valence-electron chi connectivity index (χ0n) is 11.2. The van der Waals surface area contributed by atoms with Crippen LogP contribution in [0, 0.1) is 0 Å². The van der Waals surface area contributed by atoms with Crippen LogP contribution in [0.1, 0.15) is 29.9 Å². The van der Waals surface area contributed by atoms with E-state index in [-0.39, 0.29) is 11.5 Å². The Balaban J connectivity index is 2.60. The minimum absolute atomic E-state index is 0.0218. The molecular weight excluding hydrogens is 246 g/mol.